The van der Waals surface area contributed by atoms with Gasteiger partial charge in [-0.25, -0.2) is 4.79 Å². The molecule has 0 aliphatic rings. The Bertz CT molecular complexity index is 1130. The Kier molecular flexibility index (Phi) is 11.5. The van der Waals surface area contributed by atoms with Crippen LogP contribution in [0.25, 0.3) is 0 Å². The van der Waals surface area contributed by atoms with Crippen molar-refractivity contribution in [1.82, 2.24) is 15.5 Å². The number of carbonyl (C=O) groups is 4. The fraction of sp³-hybridized carbons (Fsp3) is 0.448. The van der Waals surface area contributed by atoms with Crippen LogP contribution in [0.4, 0.5) is 4.79 Å². The highest BCUT2D eigenvalue weighted by Crippen LogP contribution is 2.29. The molecule has 0 aliphatic heterocycles. The summed E-state index contributed by atoms with van der Waals surface area (Å²) < 4.78 is 10.0. The van der Waals surface area contributed by atoms with Gasteiger partial charge in [0.2, 0.25) is 11.8 Å². The zero-order chi connectivity index (χ0) is 29.2. The van der Waals surface area contributed by atoms with E-state index in [0.717, 1.165) is 16.7 Å². The fourth-order valence-electron chi connectivity index (χ4n) is 4.19. The number of alkyl carbamates (subject to hydrolysis) is 1. The number of nitrogens with one attached hydrogen (secondary N) is 2. The van der Waals surface area contributed by atoms with E-state index in [1.807, 2.05) is 62.4 Å². The van der Waals surface area contributed by atoms with E-state index in [1.165, 1.54) is 12.0 Å². The topological polar surface area (TPSA) is 134 Å². The number of aliphatic hydroxyl groups is 1. The quantitative estimate of drug-likeness (QED) is 0.372. The third-order valence-electron chi connectivity index (χ3n) is 5.91. The van der Waals surface area contributed by atoms with Crippen LogP contribution in [0.3, 0.4) is 0 Å². The van der Waals surface area contributed by atoms with E-state index in [0.29, 0.717) is 5.56 Å². The maximum atomic E-state index is 14.1. The molecular weight excluding hydrogens is 502 g/mol. The number of esters is 1. The molecule has 3 amide bonds. The van der Waals surface area contributed by atoms with E-state index in [9.17, 15) is 24.3 Å². The Hall–Kier alpha value is -3.92. The van der Waals surface area contributed by atoms with E-state index in [1.54, 1.807) is 20.8 Å². The van der Waals surface area contributed by atoms with Gasteiger partial charge >= 0.3 is 12.1 Å². The number of hydrogen-bond donors (Lipinski definition) is 3. The van der Waals surface area contributed by atoms with Gasteiger partial charge in [0.05, 0.1) is 13.7 Å². The third-order valence-corrected chi connectivity index (χ3v) is 5.91. The molecule has 0 fully saturated rings. The summed E-state index contributed by atoms with van der Waals surface area (Å²) in [5.41, 5.74) is 2.00. The molecule has 0 bridgehead atoms. The predicted molar refractivity (Wildman–Crippen MR) is 146 cm³/mol. The summed E-state index contributed by atoms with van der Waals surface area (Å²) in [6.45, 7) is 7.70. The van der Waals surface area contributed by atoms with Crippen LogP contribution in [0.1, 0.15) is 49.1 Å². The summed E-state index contributed by atoms with van der Waals surface area (Å²) in [5.74, 6) is -1.88. The average molecular weight is 542 g/mol. The maximum Gasteiger partial charge on any atom is 0.408 e. The van der Waals surface area contributed by atoms with Crippen molar-refractivity contribution in [2.24, 2.45) is 0 Å². The van der Waals surface area contributed by atoms with E-state index in [-0.39, 0.29) is 13.0 Å². The number of ether oxygens (including phenoxy) is 2. The van der Waals surface area contributed by atoms with E-state index in [4.69, 9.17) is 4.74 Å². The first-order valence-electron chi connectivity index (χ1n) is 12.7. The summed E-state index contributed by atoms with van der Waals surface area (Å²) >= 11 is 0. The monoisotopic (exact) mass is 541 g/mol. The van der Waals surface area contributed by atoms with E-state index in [2.05, 4.69) is 15.4 Å². The van der Waals surface area contributed by atoms with Gasteiger partial charge in [-0.05, 0) is 56.9 Å². The van der Waals surface area contributed by atoms with E-state index < -0.39 is 54.7 Å². The molecule has 39 heavy (non-hydrogen) atoms. The SMILES string of the molecule is COC(=O)CNC(=O)C(c1c(C)cccc1C)N(CCO)C(=O)C(Cc1ccccc1)NC(=O)OC(C)(C)C. The molecule has 0 heterocycles. The molecule has 0 radical (unpaired) electrons. The van der Waals surface area contributed by atoms with Gasteiger partial charge in [-0.15, -0.1) is 0 Å². The molecule has 0 spiro atoms. The second-order valence-corrected chi connectivity index (χ2v) is 10.1. The minimum atomic E-state index is -1.20. The van der Waals surface area contributed by atoms with Crippen molar-refractivity contribution in [3.05, 3.63) is 70.8 Å². The number of amides is 3. The van der Waals surface area contributed by atoms with Crippen LogP contribution in [0.5, 0.6) is 0 Å². The van der Waals surface area contributed by atoms with Crippen LogP contribution in [0.2, 0.25) is 0 Å². The molecule has 2 rings (SSSR count). The second-order valence-electron chi connectivity index (χ2n) is 10.1. The number of benzene rings is 2. The zero-order valence-electron chi connectivity index (χ0n) is 23.4. The van der Waals surface area contributed by atoms with Gasteiger partial charge in [0.1, 0.15) is 24.2 Å². The Morgan fingerprint density at radius 3 is 2.13 bits per heavy atom. The van der Waals surface area contributed by atoms with Gasteiger partial charge in [-0.3, -0.25) is 14.4 Å². The number of hydrogen-bond acceptors (Lipinski definition) is 7. The molecule has 2 aromatic carbocycles. The van der Waals surface area contributed by atoms with Crippen molar-refractivity contribution >= 4 is 23.9 Å². The van der Waals surface area contributed by atoms with Crippen LogP contribution < -0.4 is 10.6 Å². The molecular formula is C29H39N3O7. The fourth-order valence-corrected chi connectivity index (χ4v) is 4.19. The molecule has 2 atom stereocenters. The van der Waals surface area contributed by atoms with E-state index >= 15 is 0 Å². The van der Waals surface area contributed by atoms with Crippen molar-refractivity contribution in [3.63, 3.8) is 0 Å². The minimum absolute atomic E-state index is 0.115. The third kappa shape index (κ3) is 9.40. The van der Waals surface area contributed by atoms with Gasteiger partial charge in [0, 0.05) is 13.0 Å². The van der Waals surface area contributed by atoms with Crippen LogP contribution in [0.15, 0.2) is 48.5 Å². The lowest BCUT2D eigenvalue weighted by Gasteiger charge is -2.35. The molecule has 212 valence electrons. The molecule has 2 unspecified atom stereocenters. The minimum Gasteiger partial charge on any atom is -0.468 e. The first kappa shape index (κ1) is 31.3. The van der Waals surface area contributed by atoms with Crippen molar-refractivity contribution in [1.29, 1.82) is 0 Å². The maximum absolute atomic E-state index is 14.1. The number of aryl methyl sites for hydroxylation is 2. The first-order valence-corrected chi connectivity index (χ1v) is 12.7. The van der Waals surface area contributed by atoms with Crippen LogP contribution >= 0.6 is 0 Å². The molecule has 10 heteroatoms. The van der Waals surface area contributed by atoms with Gasteiger partial charge in [-0.2, -0.15) is 0 Å². The smallest absolute Gasteiger partial charge is 0.408 e. The number of methoxy groups -OCH3 is 1. The van der Waals surface area contributed by atoms with Gasteiger partial charge in [-0.1, -0.05) is 48.5 Å². The van der Waals surface area contributed by atoms with Crippen molar-refractivity contribution in [2.45, 2.75) is 58.7 Å². The lowest BCUT2D eigenvalue weighted by Crippen LogP contribution is -2.54. The van der Waals surface area contributed by atoms with Gasteiger partial charge in [0.25, 0.3) is 0 Å². The van der Waals surface area contributed by atoms with Crippen molar-refractivity contribution < 1.29 is 33.8 Å². The molecule has 3 N–H and O–H groups in total. The number of nitrogens with zero attached hydrogens (tertiary/aromatic N) is 1. The Morgan fingerprint density at radius 2 is 1.59 bits per heavy atom. The first-order chi connectivity index (χ1) is 18.4. The van der Waals surface area contributed by atoms with Crippen molar-refractivity contribution in [2.75, 3.05) is 26.8 Å². The van der Waals surface area contributed by atoms with Gasteiger partial charge < -0.3 is 30.1 Å². The van der Waals surface area contributed by atoms with Crippen LogP contribution in [-0.4, -0.2) is 72.3 Å². The Balaban J connectivity index is 2.56. The highest BCUT2D eigenvalue weighted by Gasteiger charge is 2.37. The Labute approximate surface area is 229 Å². The average Bonchev–Trinajstić information content (AvgIpc) is 2.87. The number of rotatable bonds is 11. The summed E-state index contributed by atoms with van der Waals surface area (Å²) in [5, 5.41) is 15.1. The molecule has 0 saturated carbocycles. The Morgan fingerprint density at radius 1 is 0.974 bits per heavy atom. The number of carbonyl (C=O) groups excluding carboxylic acids is 4. The summed E-state index contributed by atoms with van der Waals surface area (Å²) in [6.07, 6.45) is -0.677. The largest absolute Gasteiger partial charge is 0.468 e. The lowest BCUT2D eigenvalue weighted by atomic mass is 9.93. The highest BCUT2D eigenvalue weighted by atomic mass is 16.6. The standard InChI is InChI=1S/C29H39N3O7/c1-19-11-10-12-20(2)24(19)25(26(35)30-18-23(34)38-6)32(15-16-33)27(36)22(17-21-13-8-7-9-14-21)31-28(37)39-29(3,4)5/h7-14,22,25,33H,15-18H2,1-6H3,(H,30,35)(H,31,37). The van der Waals surface area contributed by atoms with Gasteiger partial charge in [0.15, 0.2) is 0 Å². The second kappa shape index (κ2) is 14.3. The summed E-state index contributed by atoms with van der Waals surface area (Å²) in [7, 11) is 1.20. The molecule has 0 saturated heterocycles. The number of aliphatic hydroxyl groups excluding tert-OH is 1. The van der Waals surface area contributed by atoms with Crippen molar-refractivity contribution in [3.8, 4) is 0 Å². The molecule has 0 aromatic heterocycles. The molecule has 10 nitrogen and oxygen atoms in total. The predicted octanol–water partition coefficient (Wildman–Crippen LogP) is 2.59. The zero-order valence-corrected chi connectivity index (χ0v) is 23.4. The normalized spacial score (nSPS) is 12.6. The van der Waals surface area contributed by atoms with Crippen LogP contribution in [-0.2, 0) is 30.3 Å². The van der Waals surface area contributed by atoms with Crippen LogP contribution in [0, 0.1) is 13.8 Å². The summed E-state index contributed by atoms with van der Waals surface area (Å²) in [6, 6.07) is 12.2. The highest BCUT2D eigenvalue weighted by molar-refractivity contribution is 5.93. The lowest BCUT2D eigenvalue weighted by molar-refractivity contribution is -0.145. The summed E-state index contributed by atoms with van der Waals surface area (Å²) in [4.78, 5) is 53.5. The molecule has 2 aromatic rings. The molecule has 0 aliphatic carbocycles.